The van der Waals surface area contributed by atoms with E-state index in [0.717, 1.165) is 6.54 Å². The SMILES string of the molecule is CCCCCCCC(NCCC)C(CC)c1ccccc1. The number of hydrogen-bond acceptors (Lipinski definition) is 1. The molecule has 0 aliphatic heterocycles. The largest absolute Gasteiger partial charge is 0.313 e. The van der Waals surface area contributed by atoms with Crippen molar-refractivity contribution in [3.63, 3.8) is 0 Å². The summed E-state index contributed by atoms with van der Waals surface area (Å²) < 4.78 is 0. The van der Waals surface area contributed by atoms with Gasteiger partial charge in [-0.25, -0.2) is 0 Å². The first-order chi connectivity index (χ1) is 10.3. The smallest absolute Gasteiger partial charge is 0.0136 e. The topological polar surface area (TPSA) is 12.0 Å². The van der Waals surface area contributed by atoms with Gasteiger partial charge in [0.1, 0.15) is 0 Å². The van der Waals surface area contributed by atoms with Crippen LogP contribution in [0, 0.1) is 0 Å². The van der Waals surface area contributed by atoms with E-state index in [9.17, 15) is 0 Å². The maximum atomic E-state index is 3.81. The van der Waals surface area contributed by atoms with Gasteiger partial charge in [-0.2, -0.15) is 0 Å². The summed E-state index contributed by atoms with van der Waals surface area (Å²) in [7, 11) is 0. The summed E-state index contributed by atoms with van der Waals surface area (Å²) in [4.78, 5) is 0. The average molecular weight is 290 g/mol. The third-order valence-electron chi connectivity index (χ3n) is 4.43. The number of unbranched alkanes of at least 4 members (excludes halogenated alkanes) is 4. The zero-order chi connectivity index (χ0) is 15.3. The molecule has 0 bridgehead atoms. The molecule has 1 aromatic rings. The standard InChI is InChI=1S/C20H35N/c1-4-7-8-9-13-16-20(21-17-5-2)19(6-3)18-14-11-10-12-15-18/h10-12,14-15,19-21H,4-9,13,16-17H2,1-3H3. The summed E-state index contributed by atoms with van der Waals surface area (Å²) in [5.74, 6) is 0.656. The van der Waals surface area contributed by atoms with E-state index >= 15 is 0 Å². The van der Waals surface area contributed by atoms with E-state index in [2.05, 4.69) is 56.4 Å². The molecule has 0 saturated carbocycles. The van der Waals surface area contributed by atoms with E-state index in [-0.39, 0.29) is 0 Å². The fraction of sp³-hybridized carbons (Fsp3) is 0.700. The van der Waals surface area contributed by atoms with Crippen LogP contribution in [0.25, 0.3) is 0 Å². The van der Waals surface area contributed by atoms with Crippen molar-refractivity contribution in [2.45, 2.75) is 84.1 Å². The Morgan fingerprint density at radius 1 is 0.857 bits per heavy atom. The fourth-order valence-corrected chi connectivity index (χ4v) is 3.20. The molecule has 1 aromatic carbocycles. The fourth-order valence-electron chi connectivity index (χ4n) is 3.20. The zero-order valence-corrected chi connectivity index (χ0v) is 14.4. The van der Waals surface area contributed by atoms with E-state index < -0.39 is 0 Å². The summed E-state index contributed by atoms with van der Waals surface area (Å²) in [6, 6.07) is 11.7. The summed E-state index contributed by atoms with van der Waals surface area (Å²) in [5.41, 5.74) is 1.50. The predicted molar refractivity (Wildman–Crippen MR) is 94.9 cm³/mol. The van der Waals surface area contributed by atoms with E-state index in [4.69, 9.17) is 0 Å². The van der Waals surface area contributed by atoms with Gasteiger partial charge >= 0.3 is 0 Å². The molecular weight excluding hydrogens is 254 g/mol. The normalized spacial score (nSPS) is 14.0. The third kappa shape index (κ3) is 7.13. The van der Waals surface area contributed by atoms with Gasteiger partial charge in [-0.3, -0.25) is 0 Å². The first-order valence-electron chi connectivity index (χ1n) is 9.11. The molecule has 0 aliphatic rings. The maximum absolute atomic E-state index is 3.81. The van der Waals surface area contributed by atoms with Crippen molar-refractivity contribution < 1.29 is 0 Å². The second-order valence-electron chi connectivity index (χ2n) is 6.19. The first kappa shape index (κ1) is 18.2. The van der Waals surface area contributed by atoms with Crippen molar-refractivity contribution in [2.24, 2.45) is 0 Å². The average Bonchev–Trinajstić information content (AvgIpc) is 2.53. The molecule has 0 spiro atoms. The molecule has 1 nitrogen and oxygen atoms in total. The Kier molecular flexibility index (Phi) is 10.2. The Labute approximate surface area is 132 Å². The molecule has 1 heteroatoms. The summed E-state index contributed by atoms with van der Waals surface area (Å²) in [6.45, 7) is 8.02. The lowest BCUT2D eigenvalue weighted by molar-refractivity contribution is 0.384. The van der Waals surface area contributed by atoms with Crippen LogP contribution in [0.1, 0.15) is 83.6 Å². The monoisotopic (exact) mass is 289 g/mol. The molecule has 0 heterocycles. The molecule has 21 heavy (non-hydrogen) atoms. The van der Waals surface area contributed by atoms with Gasteiger partial charge in [-0.05, 0) is 37.3 Å². The predicted octanol–water partition coefficient (Wildman–Crippen LogP) is 5.91. The van der Waals surface area contributed by atoms with Crippen molar-refractivity contribution in [3.8, 4) is 0 Å². The van der Waals surface area contributed by atoms with Gasteiger partial charge in [0.15, 0.2) is 0 Å². The van der Waals surface area contributed by atoms with Gasteiger partial charge in [0.25, 0.3) is 0 Å². The van der Waals surface area contributed by atoms with Crippen molar-refractivity contribution in [2.75, 3.05) is 6.54 Å². The minimum absolute atomic E-state index is 0.638. The molecular formula is C20H35N. The molecule has 2 unspecified atom stereocenters. The van der Waals surface area contributed by atoms with E-state index in [1.807, 2.05) is 0 Å². The van der Waals surface area contributed by atoms with Gasteiger partial charge in [-0.15, -0.1) is 0 Å². The van der Waals surface area contributed by atoms with Gasteiger partial charge in [0, 0.05) is 6.04 Å². The minimum atomic E-state index is 0.638. The highest BCUT2D eigenvalue weighted by molar-refractivity contribution is 5.21. The molecule has 1 rings (SSSR count). The van der Waals surface area contributed by atoms with Crippen LogP contribution >= 0.6 is 0 Å². The Bertz CT molecular complexity index is 333. The van der Waals surface area contributed by atoms with Crippen molar-refractivity contribution >= 4 is 0 Å². The minimum Gasteiger partial charge on any atom is -0.313 e. The number of benzene rings is 1. The quantitative estimate of drug-likeness (QED) is 0.472. The molecule has 2 atom stereocenters. The highest BCUT2D eigenvalue weighted by Gasteiger charge is 2.20. The zero-order valence-electron chi connectivity index (χ0n) is 14.4. The van der Waals surface area contributed by atoms with Crippen LogP contribution in [0.15, 0.2) is 30.3 Å². The van der Waals surface area contributed by atoms with Crippen LogP contribution in [0.2, 0.25) is 0 Å². The molecule has 0 aliphatic carbocycles. The maximum Gasteiger partial charge on any atom is 0.0136 e. The third-order valence-corrected chi connectivity index (χ3v) is 4.43. The van der Waals surface area contributed by atoms with Gasteiger partial charge < -0.3 is 5.32 Å². The Morgan fingerprint density at radius 3 is 2.19 bits per heavy atom. The summed E-state index contributed by atoms with van der Waals surface area (Å²) in [5, 5.41) is 3.81. The molecule has 0 amide bonds. The van der Waals surface area contributed by atoms with Crippen LogP contribution < -0.4 is 5.32 Å². The second kappa shape index (κ2) is 11.8. The second-order valence-corrected chi connectivity index (χ2v) is 6.19. The number of hydrogen-bond donors (Lipinski definition) is 1. The van der Waals surface area contributed by atoms with E-state index in [1.165, 1.54) is 56.9 Å². The van der Waals surface area contributed by atoms with Gasteiger partial charge in [0.05, 0.1) is 0 Å². The highest BCUT2D eigenvalue weighted by Crippen LogP contribution is 2.26. The molecule has 0 fully saturated rings. The molecule has 0 radical (unpaired) electrons. The molecule has 0 aromatic heterocycles. The van der Waals surface area contributed by atoms with Crippen LogP contribution in [-0.2, 0) is 0 Å². The van der Waals surface area contributed by atoms with Crippen molar-refractivity contribution in [3.05, 3.63) is 35.9 Å². The summed E-state index contributed by atoms with van der Waals surface area (Å²) >= 11 is 0. The van der Waals surface area contributed by atoms with Crippen LogP contribution in [0.3, 0.4) is 0 Å². The lowest BCUT2D eigenvalue weighted by Gasteiger charge is -2.28. The van der Waals surface area contributed by atoms with Gasteiger partial charge in [-0.1, -0.05) is 83.2 Å². The van der Waals surface area contributed by atoms with Crippen molar-refractivity contribution in [1.29, 1.82) is 0 Å². The van der Waals surface area contributed by atoms with Crippen LogP contribution in [-0.4, -0.2) is 12.6 Å². The van der Waals surface area contributed by atoms with E-state index in [0.29, 0.717) is 12.0 Å². The Morgan fingerprint density at radius 2 is 1.57 bits per heavy atom. The van der Waals surface area contributed by atoms with E-state index in [1.54, 1.807) is 0 Å². The Balaban J connectivity index is 2.56. The van der Waals surface area contributed by atoms with Gasteiger partial charge in [0.2, 0.25) is 0 Å². The van der Waals surface area contributed by atoms with Crippen LogP contribution in [0.4, 0.5) is 0 Å². The molecule has 1 N–H and O–H groups in total. The van der Waals surface area contributed by atoms with Crippen molar-refractivity contribution in [1.82, 2.24) is 5.32 Å². The lowest BCUT2D eigenvalue weighted by atomic mass is 9.86. The molecule has 0 saturated heterocycles. The highest BCUT2D eigenvalue weighted by atomic mass is 14.9. The van der Waals surface area contributed by atoms with Crippen LogP contribution in [0.5, 0.6) is 0 Å². The number of rotatable bonds is 12. The Hall–Kier alpha value is -0.820. The lowest BCUT2D eigenvalue weighted by Crippen LogP contribution is -2.35. The first-order valence-corrected chi connectivity index (χ1v) is 9.11. The molecule has 120 valence electrons. The summed E-state index contributed by atoms with van der Waals surface area (Å²) in [6.07, 6.45) is 10.6. The number of nitrogens with one attached hydrogen (secondary N) is 1.